The summed E-state index contributed by atoms with van der Waals surface area (Å²) in [6.07, 6.45) is 7.31. The van der Waals surface area contributed by atoms with Crippen molar-refractivity contribution in [3.05, 3.63) is 100.0 Å². The zero-order valence-electron chi connectivity index (χ0n) is 24.0. The molecule has 2 heterocycles. The molecule has 4 atom stereocenters. The molecule has 2 fully saturated rings. The second kappa shape index (κ2) is 11.6. The summed E-state index contributed by atoms with van der Waals surface area (Å²) in [4.78, 5) is 28.8. The van der Waals surface area contributed by atoms with Gasteiger partial charge in [0.05, 0.1) is 11.5 Å². The highest BCUT2D eigenvalue weighted by Crippen LogP contribution is 2.51. The van der Waals surface area contributed by atoms with Crippen LogP contribution in [0.2, 0.25) is 0 Å². The van der Waals surface area contributed by atoms with E-state index in [9.17, 15) is 18.4 Å². The summed E-state index contributed by atoms with van der Waals surface area (Å²) in [6, 6.07) is 12.5. The molecule has 2 aliphatic carbocycles. The Morgan fingerprint density at radius 2 is 1.76 bits per heavy atom. The van der Waals surface area contributed by atoms with Crippen molar-refractivity contribution in [2.45, 2.75) is 31.6 Å². The maximum Gasteiger partial charge on any atom is 0.251 e. The minimum absolute atomic E-state index is 0.0568. The molecule has 1 N–H and O–H groups in total. The maximum absolute atomic E-state index is 13.7. The Kier molecular flexibility index (Phi) is 7.87. The van der Waals surface area contributed by atoms with Crippen molar-refractivity contribution in [3.63, 3.8) is 0 Å². The molecule has 6 rings (SSSR count). The third kappa shape index (κ3) is 5.35. The predicted octanol–water partition coefficient (Wildman–Crippen LogP) is 5.86. The molecule has 0 radical (unpaired) electrons. The number of allylic oxidation sites excluding steroid dienone is 2. The zero-order chi connectivity index (χ0) is 29.5. The Hall–Kier alpha value is -3.59. The van der Waals surface area contributed by atoms with Gasteiger partial charge in [0.25, 0.3) is 5.91 Å². The van der Waals surface area contributed by atoms with Crippen LogP contribution in [0.5, 0.6) is 0 Å². The first-order chi connectivity index (χ1) is 20.3. The molecule has 9 heteroatoms. The summed E-state index contributed by atoms with van der Waals surface area (Å²) >= 11 is 1.60. The lowest BCUT2D eigenvalue weighted by molar-refractivity contribution is -0.134. The van der Waals surface area contributed by atoms with Crippen LogP contribution in [0.1, 0.15) is 42.7 Å². The van der Waals surface area contributed by atoms with Crippen LogP contribution >= 0.6 is 11.9 Å². The Labute approximate surface area is 249 Å². The van der Waals surface area contributed by atoms with Gasteiger partial charge in [-0.1, -0.05) is 24.1 Å². The number of hydrogen-bond donors (Lipinski definition) is 1. The van der Waals surface area contributed by atoms with E-state index in [4.69, 9.17) is 4.74 Å². The van der Waals surface area contributed by atoms with Crippen molar-refractivity contribution in [2.75, 3.05) is 33.4 Å². The normalized spacial score (nSPS) is 25.1. The number of likely N-dealkylation sites (tertiary alicyclic amines) is 1. The van der Waals surface area contributed by atoms with Gasteiger partial charge in [-0.15, -0.1) is 0 Å². The van der Waals surface area contributed by atoms with Crippen LogP contribution in [-0.2, 0) is 14.3 Å². The van der Waals surface area contributed by atoms with Gasteiger partial charge in [0.1, 0.15) is 23.2 Å². The first-order valence-electron chi connectivity index (χ1n) is 14.5. The summed E-state index contributed by atoms with van der Waals surface area (Å²) in [7, 11) is 3.62. The number of amides is 2. The minimum Gasteiger partial charge on any atom is -0.460 e. The molecular formula is C33H35F2N3O3S. The zero-order valence-corrected chi connectivity index (χ0v) is 24.8. The van der Waals surface area contributed by atoms with Gasteiger partial charge < -0.3 is 19.3 Å². The highest BCUT2D eigenvalue weighted by atomic mass is 32.2. The highest BCUT2D eigenvalue weighted by molar-refractivity contribution is 7.96. The van der Waals surface area contributed by atoms with E-state index < -0.39 is 0 Å². The first kappa shape index (κ1) is 28.5. The highest BCUT2D eigenvalue weighted by Gasteiger charge is 2.47. The molecule has 1 saturated heterocycles. The molecule has 0 aromatic heterocycles. The number of nitrogens with one attached hydrogen (secondary N) is 1. The Morgan fingerprint density at radius 1 is 1.07 bits per heavy atom. The third-order valence-electron chi connectivity index (χ3n) is 9.01. The van der Waals surface area contributed by atoms with Crippen molar-refractivity contribution in [1.82, 2.24) is 14.5 Å². The molecule has 4 unspecified atom stereocenters. The fourth-order valence-electron chi connectivity index (χ4n) is 6.65. The number of halogens is 2. The molecular weight excluding hydrogens is 556 g/mol. The summed E-state index contributed by atoms with van der Waals surface area (Å²) in [6.45, 7) is 1.36. The fraction of sp³-hybridized carbons (Fsp3) is 0.394. The van der Waals surface area contributed by atoms with Gasteiger partial charge in [0.15, 0.2) is 0 Å². The van der Waals surface area contributed by atoms with E-state index >= 15 is 0 Å². The van der Waals surface area contributed by atoms with E-state index in [0.29, 0.717) is 35.6 Å². The van der Waals surface area contributed by atoms with Gasteiger partial charge in [-0.2, -0.15) is 0 Å². The molecule has 2 aromatic carbocycles. The van der Waals surface area contributed by atoms with Gasteiger partial charge in [-0.05, 0) is 85.1 Å². The third-order valence-corrected chi connectivity index (χ3v) is 9.76. The topological polar surface area (TPSA) is 61.9 Å². The van der Waals surface area contributed by atoms with E-state index in [2.05, 4.69) is 9.62 Å². The quantitative estimate of drug-likeness (QED) is 0.409. The van der Waals surface area contributed by atoms with Crippen LogP contribution in [0.25, 0.3) is 5.76 Å². The summed E-state index contributed by atoms with van der Waals surface area (Å²) in [5, 5.41) is 2.77. The number of hydrogen-bond acceptors (Lipinski definition) is 5. The van der Waals surface area contributed by atoms with Crippen LogP contribution < -0.4 is 5.32 Å². The van der Waals surface area contributed by atoms with Crippen LogP contribution in [0.15, 0.2) is 77.2 Å². The molecule has 220 valence electrons. The standard InChI is InChI=1S/C33H35F2N3O3S/c1-36-32(39)30-27-16-25(28(37(2)42-3)17-29(27)41-31(30)20-8-12-23(35)13-9-20)21-5-4-14-38(18-21)33(40)26-15-24(26)19-6-10-22(34)11-7-19/h6-13,17,21,24,26-27H,4-5,14-16,18H2,1-3H3,(H,36,39). The predicted molar refractivity (Wildman–Crippen MR) is 160 cm³/mol. The monoisotopic (exact) mass is 591 g/mol. The van der Waals surface area contributed by atoms with Crippen molar-refractivity contribution < 1.29 is 23.1 Å². The molecule has 2 aromatic rings. The van der Waals surface area contributed by atoms with E-state index in [-0.39, 0.29) is 47.1 Å². The van der Waals surface area contributed by atoms with Crippen LogP contribution in [0, 0.1) is 29.4 Å². The minimum atomic E-state index is -0.352. The molecule has 6 nitrogen and oxygen atoms in total. The molecule has 0 bridgehead atoms. The number of fused-ring (bicyclic) bond motifs is 1. The number of ether oxygens (including phenoxy) is 1. The number of carbonyl (C=O) groups excluding carboxylic acids is 2. The van der Waals surface area contributed by atoms with Crippen molar-refractivity contribution in [3.8, 4) is 0 Å². The maximum atomic E-state index is 13.7. The fourth-order valence-corrected chi connectivity index (χ4v) is 7.02. The van der Waals surface area contributed by atoms with Crippen LogP contribution in [0.3, 0.4) is 0 Å². The molecule has 0 spiro atoms. The number of rotatable bonds is 7. The van der Waals surface area contributed by atoms with Gasteiger partial charge in [-0.3, -0.25) is 9.59 Å². The summed E-state index contributed by atoms with van der Waals surface area (Å²) in [5.74, 6) is 0.475. The average Bonchev–Trinajstić information content (AvgIpc) is 3.73. The van der Waals surface area contributed by atoms with Crippen LogP contribution in [-0.4, -0.2) is 54.5 Å². The van der Waals surface area contributed by atoms with E-state index in [1.165, 1.54) is 29.8 Å². The van der Waals surface area contributed by atoms with Crippen molar-refractivity contribution in [2.24, 2.45) is 17.8 Å². The molecule has 42 heavy (non-hydrogen) atoms. The lowest BCUT2D eigenvalue weighted by atomic mass is 9.78. The molecule has 2 aliphatic heterocycles. The number of likely N-dealkylation sites (N-methyl/N-ethyl adjacent to an activating group) is 2. The number of carbonyl (C=O) groups is 2. The van der Waals surface area contributed by atoms with Gasteiger partial charge in [0, 0.05) is 56.7 Å². The second-order valence-electron chi connectivity index (χ2n) is 11.4. The van der Waals surface area contributed by atoms with Crippen molar-refractivity contribution >= 4 is 29.5 Å². The molecule has 4 aliphatic rings. The molecule has 2 amide bonds. The summed E-state index contributed by atoms with van der Waals surface area (Å²) in [5.41, 5.74) is 4.48. The van der Waals surface area contributed by atoms with E-state index in [0.717, 1.165) is 37.1 Å². The average molecular weight is 592 g/mol. The number of nitrogens with zero attached hydrogens (tertiary/aromatic N) is 2. The SMILES string of the molecule is CNC(=O)C1=C(c2ccc(F)cc2)OC2=CC(N(C)SC)=C(C3CCCN(C(=O)C4CC4c4ccc(F)cc4)C3)CC21. The Balaban J connectivity index is 1.26. The largest absolute Gasteiger partial charge is 0.460 e. The number of benzene rings is 2. The smallest absolute Gasteiger partial charge is 0.251 e. The lowest BCUT2D eigenvalue weighted by Crippen LogP contribution is -2.42. The van der Waals surface area contributed by atoms with Gasteiger partial charge >= 0.3 is 0 Å². The van der Waals surface area contributed by atoms with Gasteiger partial charge in [-0.25, -0.2) is 8.78 Å². The lowest BCUT2D eigenvalue weighted by Gasteiger charge is -2.38. The van der Waals surface area contributed by atoms with Crippen LogP contribution in [0.4, 0.5) is 8.78 Å². The first-order valence-corrected chi connectivity index (χ1v) is 15.6. The van der Waals surface area contributed by atoms with Gasteiger partial charge in [0.2, 0.25) is 5.91 Å². The summed E-state index contributed by atoms with van der Waals surface area (Å²) < 4.78 is 35.6. The molecule has 1 saturated carbocycles. The van der Waals surface area contributed by atoms with Crippen molar-refractivity contribution in [1.29, 1.82) is 0 Å². The van der Waals surface area contributed by atoms with E-state index in [1.54, 1.807) is 43.3 Å². The number of piperidine rings is 1. The Bertz CT molecular complexity index is 1480. The van der Waals surface area contributed by atoms with E-state index in [1.807, 2.05) is 24.3 Å². The Morgan fingerprint density at radius 3 is 2.43 bits per heavy atom. The second-order valence-corrected chi connectivity index (χ2v) is 12.4.